The van der Waals surface area contributed by atoms with Crippen LogP contribution in [0.2, 0.25) is 0 Å². The van der Waals surface area contributed by atoms with Crippen LogP contribution < -0.4 is 10.2 Å². The number of amides is 2. The first-order valence-corrected chi connectivity index (χ1v) is 7.49. The number of carbonyl (C=O) groups is 2. The van der Waals surface area contributed by atoms with Crippen molar-refractivity contribution in [3.63, 3.8) is 0 Å². The average Bonchev–Trinajstić information content (AvgIpc) is 2.85. The van der Waals surface area contributed by atoms with Crippen LogP contribution in [0.1, 0.15) is 19.8 Å². The van der Waals surface area contributed by atoms with Crippen LogP contribution in [0, 0.1) is 0 Å². The van der Waals surface area contributed by atoms with E-state index in [0.29, 0.717) is 12.8 Å². The molecular weight excluding hydrogens is 260 g/mol. The van der Waals surface area contributed by atoms with E-state index in [0.717, 1.165) is 16.3 Å². The average molecular weight is 276 g/mol. The van der Waals surface area contributed by atoms with E-state index in [4.69, 9.17) is 0 Å². The van der Waals surface area contributed by atoms with Crippen LogP contribution in [0.3, 0.4) is 0 Å². The van der Waals surface area contributed by atoms with Crippen molar-refractivity contribution in [1.29, 1.82) is 0 Å². The summed E-state index contributed by atoms with van der Waals surface area (Å²) in [6.45, 7) is 2.05. The predicted octanol–water partition coefficient (Wildman–Crippen LogP) is 1.79. The zero-order valence-corrected chi connectivity index (χ0v) is 11.6. The molecular formula is C14H16N2O2S. The molecule has 0 saturated carbocycles. The lowest BCUT2D eigenvalue weighted by Gasteiger charge is -2.36. The topological polar surface area (TPSA) is 49.4 Å². The zero-order valence-electron chi connectivity index (χ0n) is 10.8. The van der Waals surface area contributed by atoms with Gasteiger partial charge in [-0.2, -0.15) is 0 Å². The van der Waals surface area contributed by atoms with Crippen LogP contribution in [-0.4, -0.2) is 29.7 Å². The third kappa shape index (κ3) is 2.23. The minimum absolute atomic E-state index is 0.0195. The number of nitrogens with zero attached hydrogens (tertiary/aromatic N) is 1. The molecule has 19 heavy (non-hydrogen) atoms. The van der Waals surface area contributed by atoms with Gasteiger partial charge in [-0.25, -0.2) is 0 Å². The minimum Gasteiger partial charge on any atom is -0.344 e. The maximum absolute atomic E-state index is 12.6. The van der Waals surface area contributed by atoms with E-state index in [2.05, 4.69) is 12.2 Å². The van der Waals surface area contributed by atoms with E-state index < -0.39 is 0 Å². The van der Waals surface area contributed by atoms with Crippen molar-refractivity contribution in [3.8, 4) is 0 Å². The van der Waals surface area contributed by atoms with Gasteiger partial charge in [0, 0.05) is 23.1 Å². The molecule has 5 heteroatoms. The van der Waals surface area contributed by atoms with Gasteiger partial charge in [-0.05, 0) is 25.5 Å². The quantitative estimate of drug-likeness (QED) is 0.851. The summed E-state index contributed by atoms with van der Waals surface area (Å²) in [6.07, 6.45) is 1.06. The molecule has 2 unspecified atom stereocenters. The Morgan fingerprint density at radius 3 is 2.95 bits per heavy atom. The van der Waals surface area contributed by atoms with Crippen molar-refractivity contribution >= 4 is 29.3 Å². The highest BCUT2D eigenvalue weighted by Gasteiger charge is 2.36. The fraction of sp³-hybridized carbons (Fsp3) is 0.429. The second-order valence-corrected chi connectivity index (χ2v) is 6.06. The van der Waals surface area contributed by atoms with Gasteiger partial charge in [-0.15, -0.1) is 11.8 Å². The highest BCUT2D eigenvalue weighted by atomic mass is 32.2. The summed E-state index contributed by atoms with van der Waals surface area (Å²) in [5.74, 6) is 0.889. The second-order valence-electron chi connectivity index (χ2n) is 4.99. The van der Waals surface area contributed by atoms with Gasteiger partial charge in [-0.3, -0.25) is 9.59 Å². The Morgan fingerprint density at radius 1 is 1.42 bits per heavy atom. The lowest BCUT2D eigenvalue weighted by Crippen LogP contribution is -2.50. The summed E-state index contributed by atoms with van der Waals surface area (Å²) in [4.78, 5) is 26.9. The number of hydrogen-bond donors (Lipinski definition) is 1. The first-order chi connectivity index (χ1) is 9.16. The Balaban J connectivity index is 1.91. The summed E-state index contributed by atoms with van der Waals surface area (Å²) in [5.41, 5.74) is 0.970. The molecule has 0 aromatic heterocycles. The van der Waals surface area contributed by atoms with E-state index in [1.54, 1.807) is 11.8 Å². The molecule has 0 spiro atoms. The lowest BCUT2D eigenvalue weighted by atomic mass is 10.1. The van der Waals surface area contributed by atoms with E-state index in [9.17, 15) is 9.59 Å². The summed E-state index contributed by atoms with van der Waals surface area (Å²) in [7, 11) is 0. The van der Waals surface area contributed by atoms with Gasteiger partial charge in [0.25, 0.3) is 0 Å². The first kappa shape index (κ1) is 12.5. The Bertz CT molecular complexity index is 532. The van der Waals surface area contributed by atoms with Crippen molar-refractivity contribution in [2.75, 3.05) is 10.7 Å². The fourth-order valence-electron chi connectivity index (χ4n) is 2.60. The number of fused-ring (bicyclic) bond motifs is 1. The Morgan fingerprint density at radius 2 is 2.21 bits per heavy atom. The van der Waals surface area contributed by atoms with Crippen molar-refractivity contribution < 1.29 is 9.59 Å². The monoisotopic (exact) mass is 276 g/mol. The molecule has 1 saturated heterocycles. The van der Waals surface area contributed by atoms with E-state index in [-0.39, 0.29) is 23.9 Å². The molecule has 2 heterocycles. The lowest BCUT2D eigenvalue weighted by molar-refractivity contribution is -0.124. The molecule has 2 aliphatic rings. The molecule has 1 aromatic rings. The van der Waals surface area contributed by atoms with E-state index >= 15 is 0 Å². The van der Waals surface area contributed by atoms with Crippen LogP contribution >= 0.6 is 11.8 Å². The first-order valence-electron chi connectivity index (χ1n) is 6.51. The number of benzene rings is 1. The van der Waals surface area contributed by atoms with Gasteiger partial charge < -0.3 is 10.2 Å². The normalized spacial score (nSPS) is 25.9. The van der Waals surface area contributed by atoms with Gasteiger partial charge in [0.15, 0.2) is 0 Å². The minimum atomic E-state index is -0.355. The van der Waals surface area contributed by atoms with Crippen molar-refractivity contribution in [1.82, 2.24) is 5.32 Å². The number of nitrogens with one attached hydrogen (secondary N) is 1. The largest absolute Gasteiger partial charge is 0.344 e. The summed E-state index contributed by atoms with van der Waals surface area (Å²) >= 11 is 1.78. The van der Waals surface area contributed by atoms with Crippen LogP contribution in [0.25, 0.3) is 0 Å². The van der Waals surface area contributed by atoms with Crippen molar-refractivity contribution in [2.24, 2.45) is 0 Å². The van der Waals surface area contributed by atoms with Crippen molar-refractivity contribution in [2.45, 2.75) is 36.7 Å². The van der Waals surface area contributed by atoms with Crippen LogP contribution in [0.15, 0.2) is 29.2 Å². The molecule has 2 aliphatic heterocycles. The molecule has 1 fully saturated rings. The third-order valence-electron chi connectivity index (χ3n) is 3.58. The van der Waals surface area contributed by atoms with Gasteiger partial charge in [0.05, 0.1) is 5.69 Å². The van der Waals surface area contributed by atoms with Gasteiger partial charge in [0.2, 0.25) is 11.8 Å². The maximum atomic E-state index is 12.6. The molecule has 2 amide bonds. The molecule has 0 aliphatic carbocycles. The summed E-state index contributed by atoms with van der Waals surface area (Å²) in [6, 6.07) is 7.76. The number of carbonyl (C=O) groups excluding carboxylic acids is 2. The van der Waals surface area contributed by atoms with E-state index in [1.165, 1.54) is 0 Å². The molecule has 3 rings (SSSR count). The molecule has 4 nitrogen and oxygen atoms in total. The number of thioether (sulfide) groups is 1. The molecule has 2 atom stereocenters. The standard InChI is InChI=1S/C14H16N2O2S/c1-9-8-19-12-5-3-2-4-11(12)16(9)14(18)10-6-7-13(17)15-10/h2-5,9-10H,6-8H2,1H3,(H,15,17). The van der Waals surface area contributed by atoms with Gasteiger partial charge in [0.1, 0.15) is 6.04 Å². The predicted molar refractivity (Wildman–Crippen MR) is 75.3 cm³/mol. The SMILES string of the molecule is CC1CSc2ccccc2N1C(=O)C1CCC(=O)N1. The van der Waals surface area contributed by atoms with Gasteiger partial charge in [-0.1, -0.05) is 12.1 Å². The van der Waals surface area contributed by atoms with E-state index in [1.807, 2.05) is 29.2 Å². The number of rotatable bonds is 1. The fourth-order valence-corrected chi connectivity index (χ4v) is 3.66. The van der Waals surface area contributed by atoms with Gasteiger partial charge >= 0.3 is 0 Å². The molecule has 0 bridgehead atoms. The maximum Gasteiger partial charge on any atom is 0.249 e. The highest BCUT2D eigenvalue weighted by Crippen LogP contribution is 2.37. The Hall–Kier alpha value is -1.49. The third-order valence-corrected chi connectivity index (χ3v) is 4.88. The number of hydrogen-bond acceptors (Lipinski definition) is 3. The molecule has 100 valence electrons. The summed E-state index contributed by atoms with van der Waals surface area (Å²) in [5, 5.41) is 2.77. The summed E-state index contributed by atoms with van der Waals surface area (Å²) < 4.78 is 0. The van der Waals surface area contributed by atoms with Crippen LogP contribution in [0.5, 0.6) is 0 Å². The second kappa shape index (κ2) is 4.89. The van der Waals surface area contributed by atoms with Crippen LogP contribution in [0.4, 0.5) is 5.69 Å². The zero-order chi connectivity index (χ0) is 13.4. The highest BCUT2D eigenvalue weighted by molar-refractivity contribution is 7.99. The number of para-hydroxylation sites is 1. The van der Waals surface area contributed by atoms with Crippen molar-refractivity contribution in [3.05, 3.63) is 24.3 Å². The molecule has 1 aromatic carbocycles. The molecule has 1 N–H and O–H groups in total. The Labute approximate surface area is 116 Å². The number of anilines is 1. The Kier molecular flexibility index (Phi) is 3.22. The molecule has 0 radical (unpaired) electrons. The smallest absolute Gasteiger partial charge is 0.249 e. The van der Waals surface area contributed by atoms with Crippen LogP contribution in [-0.2, 0) is 9.59 Å².